The molecule has 1 N–H and O–H groups in total. The van der Waals surface area contributed by atoms with Gasteiger partial charge >= 0.3 is 0 Å². The van der Waals surface area contributed by atoms with Crippen LogP contribution < -0.4 is 0 Å². The minimum absolute atomic E-state index is 0.00446. The summed E-state index contributed by atoms with van der Waals surface area (Å²) in [5.41, 5.74) is 4.28. The maximum atomic E-state index is 13.6. The molecule has 0 unspecified atom stereocenters. The number of carbonyl (C=O) groups is 1. The van der Waals surface area contributed by atoms with Crippen molar-refractivity contribution in [3.05, 3.63) is 101 Å². The van der Waals surface area contributed by atoms with Crippen LogP contribution in [0, 0.1) is 0 Å². The lowest BCUT2D eigenvalue weighted by Crippen LogP contribution is -2.57. The van der Waals surface area contributed by atoms with Crippen LogP contribution in [0.1, 0.15) is 60.8 Å². The van der Waals surface area contributed by atoms with Crippen molar-refractivity contribution in [3.8, 4) is 5.75 Å². The number of piperazine rings is 1. The zero-order valence-corrected chi connectivity index (χ0v) is 22.0. The summed E-state index contributed by atoms with van der Waals surface area (Å²) in [6.07, 6.45) is 0. The number of carbonyl (C=O) groups excluding carboxylic acids is 1. The van der Waals surface area contributed by atoms with E-state index < -0.39 is 0 Å². The summed E-state index contributed by atoms with van der Waals surface area (Å²) in [6, 6.07) is 26.9. The van der Waals surface area contributed by atoms with Crippen molar-refractivity contribution in [1.29, 1.82) is 0 Å². The Labute approximate surface area is 216 Å². The summed E-state index contributed by atoms with van der Waals surface area (Å²) in [6.45, 7) is 12.7. The van der Waals surface area contributed by atoms with Gasteiger partial charge in [-0.15, -0.1) is 0 Å². The SMILES string of the molecule is CCN(CC)C(=O)c1ccccc1[C@H](c1ccccc1)N1C[C@@H](C)N(Cc2ccc(O)cc2)C[C@@H]1C. The molecule has 5 nitrogen and oxygen atoms in total. The molecule has 0 bridgehead atoms. The van der Waals surface area contributed by atoms with Gasteiger partial charge in [-0.1, -0.05) is 60.7 Å². The first-order valence-corrected chi connectivity index (χ1v) is 13.1. The highest BCUT2D eigenvalue weighted by Crippen LogP contribution is 2.35. The lowest BCUT2D eigenvalue weighted by Gasteiger charge is -2.48. The molecule has 4 rings (SSSR count). The van der Waals surface area contributed by atoms with Crippen LogP contribution in [0.2, 0.25) is 0 Å². The Balaban J connectivity index is 1.67. The van der Waals surface area contributed by atoms with Crippen LogP contribution in [-0.4, -0.2) is 64.0 Å². The van der Waals surface area contributed by atoms with E-state index in [0.717, 1.165) is 30.8 Å². The number of hydrogen-bond acceptors (Lipinski definition) is 4. The van der Waals surface area contributed by atoms with E-state index in [1.165, 1.54) is 11.1 Å². The third-order valence-electron chi connectivity index (χ3n) is 7.47. The van der Waals surface area contributed by atoms with E-state index >= 15 is 0 Å². The van der Waals surface area contributed by atoms with Crippen molar-refractivity contribution >= 4 is 5.91 Å². The first-order chi connectivity index (χ1) is 17.4. The van der Waals surface area contributed by atoms with Crippen molar-refractivity contribution < 1.29 is 9.90 Å². The van der Waals surface area contributed by atoms with Crippen molar-refractivity contribution in [2.75, 3.05) is 26.2 Å². The van der Waals surface area contributed by atoms with Gasteiger partial charge in [0.25, 0.3) is 5.91 Å². The molecule has 1 amide bonds. The monoisotopic (exact) mass is 485 g/mol. The maximum Gasteiger partial charge on any atom is 0.254 e. The molecule has 36 heavy (non-hydrogen) atoms. The number of nitrogens with zero attached hydrogens (tertiary/aromatic N) is 3. The molecule has 1 saturated heterocycles. The van der Waals surface area contributed by atoms with Gasteiger partial charge in [0.1, 0.15) is 5.75 Å². The van der Waals surface area contributed by atoms with E-state index in [1.54, 1.807) is 12.1 Å². The fraction of sp³-hybridized carbons (Fsp3) is 0.387. The Kier molecular flexibility index (Phi) is 8.44. The predicted octanol–water partition coefficient (Wildman–Crippen LogP) is 5.56. The zero-order valence-electron chi connectivity index (χ0n) is 22.0. The van der Waals surface area contributed by atoms with Crippen LogP contribution >= 0.6 is 0 Å². The van der Waals surface area contributed by atoms with Crippen LogP contribution in [0.4, 0.5) is 0 Å². The molecule has 3 atom stereocenters. The Bertz CT molecular complexity index is 1130. The van der Waals surface area contributed by atoms with Gasteiger partial charge in [0, 0.05) is 50.4 Å². The molecular formula is C31H39N3O2. The van der Waals surface area contributed by atoms with Gasteiger partial charge in [-0.3, -0.25) is 14.6 Å². The van der Waals surface area contributed by atoms with E-state index in [1.807, 2.05) is 43.0 Å². The molecule has 190 valence electrons. The Morgan fingerprint density at radius 3 is 2.19 bits per heavy atom. The molecule has 0 aromatic heterocycles. The number of amides is 1. The molecule has 3 aromatic carbocycles. The average molecular weight is 486 g/mol. The Hall–Kier alpha value is -3.15. The smallest absolute Gasteiger partial charge is 0.254 e. The number of phenols is 1. The fourth-order valence-electron chi connectivity index (χ4n) is 5.44. The molecule has 5 heteroatoms. The van der Waals surface area contributed by atoms with E-state index in [9.17, 15) is 9.90 Å². The summed E-state index contributed by atoms with van der Waals surface area (Å²) in [5.74, 6) is 0.400. The number of aromatic hydroxyl groups is 1. The van der Waals surface area contributed by atoms with Gasteiger partial charge in [-0.25, -0.2) is 0 Å². The average Bonchev–Trinajstić information content (AvgIpc) is 2.90. The number of rotatable bonds is 8. The van der Waals surface area contributed by atoms with Gasteiger partial charge in [0.15, 0.2) is 0 Å². The standard InChI is InChI=1S/C31H39N3O2/c1-5-32(6-2)31(36)29-15-11-10-14-28(29)30(26-12-8-7-9-13-26)34-21-23(3)33(20-24(34)4)22-25-16-18-27(35)19-17-25/h7-19,23-24,30,35H,5-6,20-22H2,1-4H3/t23-,24+,30+/m1/s1. The third kappa shape index (κ3) is 5.63. The van der Waals surface area contributed by atoms with E-state index in [4.69, 9.17) is 0 Å². The van der Waals surface area contributed by atoms with Crippen molar-refractivity contribution in [2.45, 2.75) is 52.4 Å². The normalized spacial score (nSPS) is 19.7. The predicted molar refractivity (Wildman–Crippen MR) is 146 cm³/mol. The first kappa shape index (κ1) is 25.9. The number of phenolic OH excluding ortho intramolecular Hbond substituents is 1. The summed E-state index contributed by atoms with van der Waals surface area (Å²) >= 11 is 0. The van der Waals surface area contributed by atoms with Gasteiger partial charge in [-0.05, 0) is 62.6 Å². The van der Waals surface area contributed by atoms with Crippen LogP contribution in [0.25, 0.3) is 0 Å². The second-order valence-electron chi connectivity index (χ2n) is 9.87. The van der Waals surface area contributed by atoms with Gasteiger partial charge in [0.2, 0.25) is 0 Å². The second-order valence-corrected chi connectivity index (χ2v) is 9.87. The highest BCUT2D eigenvalue weighted by atomic mass is 16.3. The first-order valence-electron chi connectivity index (χ1n) is 13.1. The minimum Gasteiger partial charge on any atom is -0.508 e. The summed E-state index contributed by atoms with van der Waals surface area (Å²) in [5, 5.41) is 9.65. The van der Waals surface area contributed by atoms with Crippen LogP contribution in [0.15, 0.2) is 78.9 Å². The molecule has 1 fully saturated rings. The molecular weight excluding hydrogens is 446 g/mol. The fourth-order valence-corrected chi connectivity index (χ4v) is 5.44. The molecule has 0 aliphatic carbocycles. The van der Waals surface area contributed by atoms with Crippen molar-refractivity contribution in [1.82, 2.24) is 14.7 Å². The molecule has 0 saturated carbocycles. The van der Waals surface area contributed by atoms with Crippen LogP contribution in [-0.2, 0) is 6.54 Å². The maximum absolute atomic E-state index is 13.6. The lowest BCUT2D eigenvalue weighted by atomic mass is 9.90. The van der Waals surface area contributed by atoms with Gasteiger partial charge < -0.3 is 10.0 Å². The molecule has 1 aliphatic heterocycles. The van der Waals surface area contributed by atoms with E-state index in [2.05, 4.69) is 66.1 Å². The quantitative estimate of drug-likeness (QED) is 0.454. The molecule has 3 aromatic rings. The largest absolute Gasteiger partial charge is 0.508 e. The van der Waals surface area contributed by atoms with Crippen molar-refractivity contribution in [2.24, 2.45) is 0 Å². The topological polar surface area (TPSA) is 47.0 Å². The third-order valence-corrected chi connectivity index (χ3v) is 7.47. The minimum atomic E-state index is -0.00446. The molecule has 1 aliphatic rings. The van der Waals surface area contributed by atoms with E-state index in [0.29, 0.717) is 30.9 Å². The Morgan fingerprint density at radius 2 is 1.53 bits per heavy atom. The Morgan fingerprint density at radius 1 is 0.889 bits per heavy atom. The van der Waals surface area contributed by atoms with Gasteiger partial charge in [0.05, 0.1) is 6.04 Å². The highest BCUT2D eigenvalue weighted by molar-refractivity contribution is 5.96. The summed E-state index contributed by atoms with van der Waals surface area (Å²) < 4.78 is 0. The van der Waals surface area contributed by atoms with Crippen molar-refractivity contribution in [3.63, 3.8) is 0 Å². The molecule has 0 spiro atoms. The lowest BCUT2D eigenvalue weighted by molar-refractivity contribution is 0.0192. The number of hydrogen-bond donors (Lipinski definition) is 1. The molecule has 1 heterocycles. The van der Waals surface area contributed by atoms with Gasteiger partial charge in [-0.2, -0.15) is 0 Å². The molecule has 0 radical (unpaired) electrons. The van der Waals surface area contributed by atoms with E-state index in [-0.39, 0.29) is 11.9 Å². The van der Waals surface area contributed by atoms with Crippen LogP contribution in [0.5, 0.6) is 5.75 Å². The zero-order chi connectivity index (χ0) is 25.7. The summed E-state index contributed by atoms with van der Waals surface area (Å²) in [4.78, 5) is 20.5. The van der Waals surface area contributed by atoms with Crippen LogP contribution in [0.3, 0.4) is 0 Å². The summed E-state index contributed by atoms with van der Waals surface area (Å²) in [7, 11) is 0. The second kappa shape index (κ2) is 11.7. The number of benzene rings is 3. The highest BCUT2D eigenvalue weighted by Gasteiger charge is 2.36.